The molecule has 0 N–H and O–H groups in total. The summed E-state index contributed by atoms with van der Waals surface area (Å²) in [5.74, 6) is -3.45. The second kappa shape index (κ2) is 26.6. The Balaban J connectivity index is 1.55. The third-order valence-corrected chi connectivity index (χ3v) is 26.9. The van der Waals surface area contributed by atoms with E-state index in [0.29, 0.717) is 0 Å². The SMILES string of the molecule is C=C[Si](CC)(CC)c1ccc(C(=O)OOC(=O)OCCC(CCOC(=O)OOC(=O)c2ccc([Si](C=C)(CC)CC)cc2)COC(=O)OOC(=O)c2ccc([Si](C=C)(CC)CC)cc2)cc1. The molecule has 0 aliphatic rings. The molecule has 0 fully saturated rings. The predicted octanol–water partition coefficient (Wildman–Crippen LogP) is 9.42. The standard InChI is InChI=1S/C48H62O15Si3/c1-10-64(11-2,12-3)40-25-19-37(20-26-40)43(49)58-61-46(52)55-33-31-36(35-57-48(54)63-60-45(51)39-23-29-42(30-24-39)66(16-7,17-8)18-9)32-34-56-47(53)62-59-44(50)38-21-27-41(28-22-38)65(13-4,14-5)15-6/h10,13,16,19-30,36H,1,4,7,11-12,14-15,17-18,31-35H2,2-3,5-6,8-9H3. The van der Waals surface area contributed by atoms with Crippen molar-refractivity contribution in [3.05, 3.63) is 126 Å². The van der Waals surface area contributed by atoms with E-state index in [1.54, 1.807) is 36.4 Å². The van der Waals surface area contributed by atoms with Crippen molar-refractivity contribution in [1.82, 2.24) is 0 Å². The van der Waals surface area contributed by atoms with Crippen molar-refractivity contribution in [3.63, 3.8) is 0 Å². The van der Waals surface area contributed by atoms with Gasteiger partial charge in [-0.2, -0.15) is 14.4 Å². The molecule has 0 unspecified atom stereocenters. The molecule has 3 aromatic carbocycles. The van der Waals surface area contributed by atoms with Gasteiger partial charge in [0.25, 0.3) is 0 Å². The molecule has 356 valence electrons. The van der Waals surface area contributed by atoms with E-state index in [1.165, 1.54) is 0 Å². The molecule has 66 heavy (non-hydrogen) atoms. The summed E-state index contributed by atoms with van der Waals surface area (Å²) in [7, 11) is -5.71. The molecule has 0 atom stereocenters. The van der Waals surface area contributed by atoms with Crippen molar-refractivity contribution in [3.8, 4) is 0 Å². The van der Waals surface area contributed by atoms with Gasteiger partial charge in [0.1, 0.15) is 24.2 Å². The Morgan fingerprint density at radius 3 is 0.924 bits per heavy atom. The van der Waals surface area contributed by atoms with E-state index >= 15 is 0 Å². The fourth-order valence-corrected chi connectivity index (χ4v) is 16.4. The van der Waals surface area contributed by atoms with Crippen LogP contribution in [0.4, 0.5) is 14.4 Å². The van der Waals surface area contributed by atoms with Crippen LogP contribution in [0.15, 0.2) is 110 Å². The molecule has 0 heterocycles. The number of benzene rings is 3. The predicted molar refractivity (Wildman–Crippen MR) is 255 cm³/mol. The summed E-state index contributed by atoms with van der Waals surface area (Å²) in [5.41, 5.74) is 6.50. The van der Waals surface area contributed by atoms with Gasteiger partial charge in [0.15, 0.2) is 0 Å². The Hall–Kier alpha value is -6.25. The maximum Gasteiger partial charge on any atom is 0.549 e. The lowest BCUT2D eigenvalue weighted by atomic mass is 10.0. The molecule has 0 amide bonds. The molecule has 0 bridgehead atoms. The van der Waals surface area contributed by atoms with E-state index < -0.39 is 73.1 Å². The highest BCUT2D eigenvalue weighted by molar-refractivity contribution is 6.96. The normalized spacial score (nSPS) is 11.3. The molecule has 0 aliphatic heterocycles. The highest BCUT2D eigenvalue weighted by Gasteiger charge is 2.30. The second-order valence-corrected chi connectivity index (χ2v) is 29.6. The Morgan fingerprint density at radius 1 is 0.424 bits per heavy atom. The number of carbonyl (C=O) groups excluding carboxylic acids is 6. The number of hydrogen-bond donors (Lipinski definition) is 0. The summed E-state index contributed by atoms with van der Waals surface area (Å²) in [4.78, 5) is 103. The number of carbonyl (C=O) groups is 6. The first kappa shape index (κ1) is 54.1. The van der Waals surface area contributed by atoms with Gasteiger partial charge in [-0.3, -0.25) is 0 Å². The number of rotatable bonds is 23. The van der Waals surface area contributed by atoms with E-state index in [0.717, 1.165) is 51.8 Å². The van der Waals surface area contributed by atoms with Crippen molar-refractivity contribution in [2.45, 2.75) is 90.6 Å². The quantitative estimate of drug-likeness (QED) is 0.0287. The van der Waals surface area contributed by atoms with E-state index in [-0.39, 0.29) is 42.7 Å². The average Bonchev–Trinajstić information content (AvgIpc) is 3.35. The molecule has 0 spiro atoms. The first-order valence-electron chi connectivity index (χ1n) is 22.1. The smallest absolute Gasteiger partial charge is 0.432 e. The molecule has 0 aromatic heterocycles. The molecular weight excluding hydrogens is 901 g/mol. The summed E-state index contributed by atoms with van der Waals surface area (Å²) in [6, 6.07) is 26.2. The largest absolute Gasteiger partial charge is 0.549 e. The molecule has 0 radical (unpaired) electrons. The van der Waals surface area contributed by atoms with Crippen molar-refractivity contribution < 1.29 is 72.3 Å². The Labute approximate surface area is 389 Å². The molecular formula is C48H62O15Si3. The molecule has 3 rings (SSSR count). The van der Waals surface area contributed by atoms with Crippen LogP contribution in [0, 0.1) is 5.92 Å². The van der Waals surface area contributed by atoms with Crippen molar-refractivity contribution in [1.29, 1.82) is 0 Å². The third-order valence-electron chi connectivity index (χ3n) is 12.5. The van der Waals surface area contributed by atoms with Crippen LogP contribution < -0.4 is 15.6 Å². The second-order valence-electron chi connectivity index (χ2n) is 15.5. The van der Waals surface area contributed by atoms with Crippen LogP contribution in [0.2, 0.25) is 36.3 Å². The summed E-state index contributed by atoms with van der Waals surface area (Å²) < 4.78 is 15.2. The van der Waals surface area contributed by atoms with Gasteiger partial charge >= 0.3 is 36.4 Å². The highest BCUT2D eigenvalue weighted by atomic mass is 28.3. The summed E-state index contributed by atoms with van der Waals surface area (Å²) in [6.45, 7) is 23.6. The molecule has 0 saturated heterocycles. The maximum absolute atomic E-state index is 12.6. The molecule has 0 aliphatic carbocycles. The molecule has 0 saturated carbocycles. The lowest BCUT2D eigenvalue weighted by Crippen LogP contribution is -2.44. The Morgan fingerprint density at radius 2 is 0.682 bits per heavy atom. The fraction of sp³-hybridized carbons (Fsp3) is 0.375. The van der Waals surface area contributed by atoms with Gasteiger partial charge in [0.2, 0.25) is 0 Å². The first-order chi connectivity index (χ1) is 31.7. The van der Waals surface area contributed by atoms with Crippen molar-refractivity contribution in [2.24, 2.45) is 5.92 Å². The van der Waals surface area contributed by atoms with Gasteiger partial charge in [-0.1, -0.05) is 147 Å². The van der Waals surface area contributed by atoms with Crippen LogP contribution in [-0.4, -0.2) is 80.4 Å². The lowest BCUT2D eigenvalue weighted by Gasteiger charge is -2.25. The van der Waals surface area contributed by atoms with Gasteiger partial charge in [-0.15, -0.1) is 19.7 Å². The third kappa shape index (κ3) is 14.6. The van der Waals surface area contributed by atoms with Gasteiger partial charge < -0.3 is 14.2 Å². The maximum atomic E-state index is 12.6. The minimum Gasteiger partial charge on any atom is -0.432 e. The summed E-state index contributed by atoms with van der Waals surface area (Å²) in [5, 5.41) is 3.32. The topological polar surface area (TPSA) is 185 Å². The molecule has 3 aromatic rings. The molecule has 15 nitrogen and oxygen atoms in total. The zero-order chi connectivity index (χ0) is 48.8. The fourth-order valence-electron chi connectivity index (χ4n) is 7.56. The Kier molecular flexibility index (Phi) is 21.8. The number of ether oxygens (including phenoxy) is 3. The van der Waals surface area contributed by atoms with Crippen LogP contribution in [0.1, 0.15) is 85.5 Å². The summed E-state index contributed by atoms with van der Waals surface area (Å²) >= 11 is 0. The zero-order valence-corrected chi connectivity index (χ0v) is 41.8. The zero-order valence-electron chi connectivity index (χ0n) is 38.8. The summed E-state index contributed by atoms with van der Waals surface area (Å²) in [6.07, 6.45) is -4.03. The average molecular weight is 963 g/mol. The van der Waals surface area contributed by atoms with Crippen LogP contribution in [0.25, 0.3) is 0 Å². The van der Waals surface area contributed by atoms with Crippen LogP contribution >= 0.6 is 0 Å². The van der Waals surface area contributed by atoms with Crippen LogP contribution in [0.5, 0.6) is 0 Å². The van der Waals surface area contributed by atoms with E-state index in [2.05, 4.69) is 85.7 Å². The van der Waals surface area contributed by atoms with Gasteiger partial charge in [-0.05, 0) is 55.2 Å². The van der Waals surface area contributed by atoms with Crippen molar-refractivity contribution >= 4 is 76.2 Å². The van der Waals surface area contributed by atoms with Gasteiger partial charge in [0.05, 0.1) is 36.5 Å². The van der Waals surface area contributed by atoms with E-state index in [4.69, 9.17) is 19.1 Å². The highest BCUT2D eigenvalue weighted by Crippen LogP contribution is 2.20. The van der Waals surface area contributed by atoms with Crippen molar-refractivity contribution in [2.75, 3.05) is 19.8 Å². The Bertz CT molecular complexity index is 2010. The molecule has 18 heteroatoms. The lowest BCUT2D eigenvalue weighted by molar-refractivity contribution is -0.206. The van der Waals surface area contributed by atoms with Crippen LogP contribution in [0.3, 0.4) is 0 Å². The van der Waals surface area contributed by atoms with Crippen LogP contribution in [-0.2, 0) is 43.5 Å². The first-order valence-corrected chi connectivity index (χ1v) is 29.5. The van der Waals surface area contributed by atoms with E-state index in [1.807, 2.05) is 53.5 Å². The van der Waals surface area contributed by atoms with Gasteiger partial charge in [-0.25, -0.2) is 43.7 Å². The van der Waals surface area contributed by atoms with E-state index in [9.17, 15) is 28.8 Å². The number of hydrogen-bond acceptors (Lipinski definition) is 15. The minimum atomic E-state index is -1.91. The monoisotopic (exact) mass is 962 g/mol. The van der Waals surface area contributed by atoms with Gasteiger partial charge in [0, 0.05) is 0 Å². The minimum absolute atomic E-state index is 0.00575.